The molecule has 3 rings (SSSR count). The van der Waals surface area contributed by atoms with E-state index in [2.05, 4.69) is 110 Å². The summed E-state index contributed by atoms with van der Waals surface area (Å²) in [6.45, 7) is 13.4. The second kappa shape index (κ2) is 20.5. The summed E-state index contributed by atoms with van der Waals surface area (Å²) >= 11 is 0. The van der Waals surface area contributed by atoms with Crippen molar-refractivity contribution in [2.45, 2.75) is 116 Å². The van der Waals surface area contributed by atoms with Crippen LogP contribution in [0.25, 0.3) is 0 Å². The highest BCUT2D eigenvalue weighted by Gasteiger charge is 2.37. The molecule has 3 unspecified atom stereocenters. The van der Waals surface area contributed by atoms with E-state index in [0.717, 1.165) is 25.6 Å². The average Bonchev–Trinajstić information content (AvgIpc) is 3.07. The standard InChI is InChI=1S/C27H46N2O3Si.C9H13N/c1-7-9-17-28-21-15-27(16-22-28)25(8-2)12-11-24(3)26-13-19-29(20-14-26)18-10-23-33(30-4,31-5)32-6;1-3-8(2)9-4-6-10-7-5-9/h13-16,19-22,24-25H,7-12,17-18,23H2,1-6H3;4-8H,3H2,1-2H3/q+2;. The van der Waals surface area contributed by atoms with E-state index in [1.54, 1.807) is 21.3 Å². The number of unbranched alkanes of at least 4 members (excludes halogenated alkanes) is 1. The Balaban J connectivity index is 0.000000543. The van der Waals surface area contributed by atoms with Crippen LogP contribution >= 0.6 is 0 Å². The molecule has 0 aliphatic carbocycles. The molecular weight excluding hydrogens is 551 g/mol. The van der Waals surface area contributed by atoms with Crippen molar-refractivity contribution < 1.29 is 22.4 Å². The second-order valence-electron chi connectivity index (χ2n) is 11.7. The minimum atomic E-state index is -2.48. The van der Waals surface area contributed by atoms with Gasteiger partial charge >= 0.3 is 8.80 Å². The molecule has 0 fully saturated rings. The minimum Gasteiger partial charge on any atom is -0.377 e. The molecule has 0 spiro atoms. The van der Waals surface area contributed by atoms with Crippen molar-refractivity contribution in [2.75, 3.05) is 21.3 Å². The summed E-state index contributed by atoms with van der Waals surface area (Å²) in [4.78, 5) is 3.96. The molecule has 3 aromatic heterocycles. The van der Waals surface area contributed by atoms with Crippen molar-refractivity contribution in [3.63, 3.8) is 0 Å². The van der Waals surface area contributed by atoms with Crippen LogP contribution in [0.5, 0.6) is 0 Å². The van der Waals surface area contributed by atoms with Gasteiger partial charge in [-0.1, -0.05) is 41.0 Å². The molecule has 43 heavy (non-hydrogen) atoms. The summed E-state index contributed by atoms with van der Waals surface area (Å²) in [5.74, 6) is 1.86. The molecule has 6 nitrogen and oxygen atoms in total. The second-order valence-corrected chi connectivity index (χ2v) is 14.8. The molecule has 7 heteroatoms. The van der Waals surface area contributed by atoms with Gasteiger partial charge in [-0.25, -0.2) is 9.13 Å². The van der Waals surface area contributed by atoms with Gasteiger partial charge in [0.25, 0.3) is 0 Å². The van der Waals surface area contributed by atoms with E-state index in [1.807, 2.05) is 12.4 Å². The third kappa shape index (κ3) is 12.6. The van der Waals surface area contributed by atoms with Crippen LogP contribution in [0.2, 0.25) is 6.04 Å². The zero-order valence-corrected chi connectivity index (χ0v) is 29.3. The highest BCUT2D eigenvalue weighted by atomic mass is 28.4. The normalized spacial score (nSPS) is 13.6. The van der Waals surface area contributed by atoms with Gasteiger partial charge in [0.05, 0.1) is 0 Å². The van der Waals surface area contributed by atoms with Crippen LogP contribution in [0.4, 0.5) is 0 Å². The lowest BCUT2D eigenvalue weighted by Crippen LogP contribution is -2.44. The topological polar surface area (TPSA) is 48.3 Å². The fourth-order valence-corrected chi connectivity index (χ4v) is 7.07. The molecule has 3 atom stereocenters. The number of nitrogens with zero attached hydrogens (tertiary/aromatic N) is 3. The van der Waals surface area contributed by atoms with Crippen molar-refractivity contribution in [3.05, 3.63) is 90.3 Å². The van der Waals surface area contributed by atoms with Crippen LogP contribution in [0.3, 0.4) is 0 Å². The van der Waals surface area contributed by atoms with Gasteiger partial charge in [0.15, 0.2) is 24.8 Å². The first-order valence-electron chi connectivity index (χ1n) is 16.4. The van der Waals surface area contributed by atoms with Gasteiger partial charge in [0, 0.05) is 76.9 Å². The molecule has 0 radical (unpaired) electrons. The molecule has 0 saturated heterocycles. The van der Waals surface area contributed by atoms with Gasteiger partial charge in [-0.15, -0.1) is 0 Å². The quantitative estimate of drug-likeness (QED) is 0.108. The molecule has 238 valence electrons. The van der Waals surface area contributed by atoms with Gasteiger partial charge in [-0.2, -0.15) is 0 Å². The Hall–Kier alpha value is -2.45. The molecule has 3 heterocycles. The highest BCUT2D eigenvalue weighted by Crippen LogP contribution is 2.29. The number of aromatic nitrogens is 3. The maximum Gasteiger partial charge on any atom is 0.500 e. The van der Waals surface area contributed by atoms with Crippen LogP contribution in [0, 0.1) is 0 Å². The molecule has 0 aliphatic rings. The summed E-state index contributed by atoms with van der Waals surface area (Å²) < 4.78 is 21.1. The molecule has 0 saturated carbocycles. The maximum atomic E-state index is 5.52. The van der Waals surface area contributed by atoms with Crippen LogP contribution in [0.15, 0.2) is 73.6 Å². The zero-order valence-electron chi connectivity index (χ0n) is 28.3. The predicted molar refractivity (Wildman–Crippen MR) is 178 cm³/mol. The van der Waals surface area contributed by atoms with E-state index >= 15 is 0 Å². The summed E-state index contributed by atoms with van der Waals surface area (Å²) in [5.41, 5.74) is 4.28. The molecule has 0 aliphatic heterocycles. The Morgan fingerprint density at radius 3 is 1.65 bits per heavy atom. The molecule has 0 bridgehead atoms. The highest BCUT2D eigenvalue weighted by molar-refractivity contribution is 6.60. The third-order valence-electron chi connectivity index (χ3n) is 8.80. The van der Waals surface area contributed by atoms with Crippen LogP contribution in [-0.2, 0) is 26.4 Å². The lowest BCUT2D eigenvalue weighted by atomic mass is 9.87. The minimum absolute atomic E-state index is 0.558. The van der Waals surface area contributed by atoms with Crippen molar-refractivity contribution in [2.24, 2.45) is 0 Å². The van der Waals surface area contributed by atoms with Crippen molar-refractivity contribution >= 4 is 8.80 Å². The van der Waals surface area contributed by atoms with E-state index < -0.39 is 8.80 Å². The first kappa shape index (κ1) is 36.7. The Morgan fingerprint density at radius 2 is 1.16 bits per heavy atom. The van der Waals surface area contributed by atoms with Crippen molar-refractivity contribution in [1.82, 2.24) is 4.98 Å². The maximum absolute atomic E-state index is 5.52. The van der Waals surface area contributed by atoms with Gasteiger partial charge < -0.3 is 13.3 Å². The Bertz CT molecular complexity index is 1100. The van der Waals surface area contributed by atoms with E-state index in [4.69, 9.17) is 13.3 Å². The van der Waals surface area contributed by atoms with E-state index in [9.17, 15) is 0 Å². The summed E-state index contributed by atoms with van der Waals surface area (Å²) in [7, 11) is 2.54. The number of hydrogen-bond acceptors (Lipinski definition) is 4. The lowest BCUT2D eigenvalue weighted by molar-refractivity contribution is -0.697. The average molecular weight is 610 g/mol. The first-order valence-corrected chi connectivity index (χ1v) is 18.3. The summed E-state index contributed by atoms with van der Waals surface area (Å²) in [6.07, 6.45) is 20.9. The van der Waals surface area contributed by atoms with E-state index in [1.165, 1.54) is 55.2 Å². The van der Waals surface area contributed by atoms with Crippen LogP contribution in [0.1, 0.15) is 114 Å². The SMILES string of the molecule is CCC(C)c1ccncc1.CCCC[n+]1ccc(C(CC)CCC(C)c2cc[n+](CCC[Si](OC)(OC)OC)cc2)cc1. The van der Waals surface area contributed by atoms with Gasteiger partial charge in [0.2, 0.25) is 0 Å². The molecule has 0 N–H and O–H groups in total. The fraction of sp³-hybridized carbons (Fsp3) is 0.583. The third-order valence-corrected chi connectivity index (χ3v) is 11.6. The number of hydrogen-bond donors (Lipinski definition) is 0. The Morgan fingerprint density at radius 1 is 0.651 bits per heavy atom. The number of rotatable bonds is 18. The van der Waals surface area contributed by atoms with E-state index in [-0.39, 0.29) is 0 Å². The zero-order chi connectivity index (χ0) is 31.5. The molecule has 0 amide bonds. The van der Waals surface area contributed by atoms with Gasteiger partial charge in [-0.05, 0) is 72.3 Å². The largest absolute Gasteiger partial charge is 0.500 e. The summed E-state index contributed by atoms with van der Waals surface area (Å²) in [5, 5.41) is 0. The monoisotopic (exact) mass is 609 g/mol. The molecule has 3 aromatic rings. The van der Waals surface area contributed by atoms with Gasteiger partial charge in [0.1, 0.15) is 13.1 Å². The number of aryl methyl sites for hydroxylation is 2. The lowest BCUT2D eigenvalue weighted by Gasteiger charge is -2.23. The molecule has 0 aromatic carbocycles. The van der Waals surface area contributed by atoms with Crippen LogP contribution in [-0.4, -0.2) is 35.1 Å². The fourth-order valence-electron chi connectivity index (χ4n) is 5.36. The summed E-state index contributed by atoms with van der Waals surface area (Å²) in [6, 6.07) is 14.2. The van der Waals surface area contributed by atoms with Crippen LogP contribution < -0.4 is 9.13 Å². The predicted octanol–water partition coefficient (Wildman–Crippen LogP) is 8.00. The van der Waals surface area contributed by atoms with Crippen molar-refractivity contribution in [3.8, 4) is 0 Å². The van der Waals surface area contributed by atoms with Crippen molar-refractivity contribution in [1.29, 1.82) is 0 Å². The van der Waals surface area contributed by atoms with Gasteiger partial charge in [-0.3, -0.25) is 4.98 Å². The smallest absolute Gasteiger partial charge is 0.377 e. The first-order chi connectivity index (χ1) is 20.8. The molecular formula is C36H59N3O3Si+2. The Labute approximate surface area is 263 Å². The van der Waals surface area contributed by atoms with E-state index in [0.29, 0.717) is 17.8 Å². The Kier molecular flexibility index (Phi) is 17.5. The number of pyridine rings is 3.